The van der Waals surface area contributed by atoms with Crippen LogP contribution in [0.25, 0.3) is 5.69 Å². The number of para-hydroxylation sites is 1. The lowest BCUT2D eigenvalue weighted by Crippen LogP contribution is -2.02. The van der Waals surface area contributed by atoms with Crippen LogP contribution in [-0.4, -0.2) is 28.0 Å². The Labute approximate surface area is 98.3 Å². The van der Waals surface area contributed by atoms with Crippen molar-refractivity contribution in [1.29, 1.82) is 0 Å². The first-order chi connectivity index (χ1) is 8.15. The van der Waals surface area contributed by atoms with Crippen molar-refractivity contribution < 1.29 is 14.6 Å². The third kappa shape index (κ3) is 1.87. The summed E-state index contributed by atoms with van der Waals surface area (Å²) in [5, 5.41) is 13.1. The van der Waals surface area contributed by atoms with Crippen LogP contribution in [0.1, 0.15) is 16.1 Å². The van der Waals surface area contributed by atoms with Crippen molar-refractivity contribution in [3.63, 3.8) is 0 Å². The summed E-state index contributed by atoms with van der Waals surface area (Å²) in [5.41, 5.74) is 1.29. The Morgan fingerprint density at radius 3 is 2.53 bits per heavy atom. The second-order valence-electron chi connectivity index (χ2n) is 3.54. The van der Waals surface area contributed by atoms with Crippen LogP contribution in [0.2, 0.25) is 0 Å². The van der Waals surface area contributed by atoms with Gasteiger partial charge >= 0.3 is 5.97 Å². The summed E-state index contributed by atoms with van der Waals surface area (Å²) in [6.07, 6.45) is 0. The topological polar surface area (TPSA) is 64.3 Å². The number of carboxylic acids is 1. The number of aromatic carboxylic acids is 1. The molecule has 0 unspecified atom stereocenters. The molecule has 1 aromatic carbocycles. The molecule has 0 radical (unpaired) electrons. The van der Waals surface area contributed by atoms with E-state index in [1.165, 1.54) is 11.8 Å². The lowest BCUT2D eigenvalue weighted by molar-refractivity contribution is 0.0689. The number of rotatable bonds is 3. The molecule has 88 valence electrons. The molecule has 0 saturated carbocycles. The second kappa shape index (κ2) is 4.29. The van der Waals surface area contributed by atoms with Gasteiger partial charge in [-0.2, -0.15) is 5.10 Å². The van der Waals surface area contributed by atoms with Gasteiger partial charge in [0.05, 0.1) is 12.8 Å². The fourth-order valence-corrected chi connectivity index (χ4v) is 1.67. The number of methoxy groups -OCH3 is 1. The van der Waals surface area contributed by atoms with Gasteiger partial charge in [-0.3, -0.25) is 0 Å². The summed E-state index contributed by atoms with van der Waals surface area (Å²) in [7, 11) is 1.50. The average molecular weight is 232 g/mol. The van der Waals surface area contributed by atoms with Gasteiger partial charge in [0.25, 0.3) is 0 Å². The summed E-state index contributed by atoms with van der Waals surface area (Å²) >= 11 is 0. The van der Waals surface area contributed by atoms with E-state index in [0.717, 1.165) is 5.69 Å². The first kappa shape index (κ1) is 11.2. The molecule has 1 aromatic heterocycles. The maximum Gasteiger partial charge on any atom is 0.356 e. The fourth-order valence-electron chi connectivity index (χ4n) is 1.67. The molecule has 0 aliphatic carbocycles. The third-order valence-corrected chi connectivity index (χ3v) is 2.47. The number of nitrogens with zero attached hydrogens (tertiary/aromatic N) is 2. The predicted octanol–water partition coefficient (Wildman–Crippen LogP) is 1.89. The molecule has 0 saturated heterocycles. The maximum absolute atomic E-state index is 11.0. The van der Waals surface area contributed by atoms with E-state index < -0.39 is 5.97 Å². The van der Waals surface area contributed by atoms with Crippen LogP contribution >= 0.6 is 0 Å². The van der Waals surface area contributed by atoms with Gasteiger partial charge in [0.2, 0.25) is 5.88 Å². The van der Waals surface area contributed by atoms with E-state index in [0.29, 0.717) is 11.4 Å². The van der Waals surface area contributed by atoms with Gasteiger partial charge in [0.1, 0.15) is 0 Å². The van der Waals surface area contributed by atoms with E-state index in [9.17, 15) is 4.79 Å². The van der Waals surface area contributed by atoms with E-state index >= 15 is 0 Å². The van der Waals surface area contributed by atoms with E-state index in [-0.39, 0.29) is 5.69 Å². The van der Waals surface area contributed by atoms with Gasteiger partial charge in [0, 0.05) is 5.56 Å². The van der Waals surface area contributed by atoms with Gasteiger partial charge in [-0.15, -0.1) is 0 Å². The number of hydrogen-bond acceptors (Lipinski definition) is 3. The third-order valence-electron chi connectivity index (χ3n) is 2.47. The molecule has 0 aliphatic heterocycles. The van der Waals surface area contributed by atoms with Crippen LogP contribution in [0.3, 0.4) is 0 Å². The number of carboxylic acid groups (broad SMARTS) is 1. The number of carbonyl (C=O) groups is 1. The summed E-state index contributed by atoms with van der Waals surface area (Å²) in [6, 6.07) is 9.25. The van der Waals surface area contributed by atoms with Crippen LogP contribution in [0.5, 0.6) is 5.88 Å². The summed E-state index contributed by atoms with van der Waals surface area (Å²) in [4.78, 5) is 11.0. The lowest BCUT2D eigenvalue weighted by atomic mass is 10.2. The zero-order valence-electron chi connectivity index (χ0n) is 9.54. The lowest BCUT2D eigenvalue weighted by Gasteiger charge is -2.05. The highest BCUT2D eigenvalue weighted by Gasteiger charge is 2.20. The molecular formula is C12H12N2O3. The maximum atomic E-state index is 11.0. The molecular weight excluding hydrogens is 220 g/mol. The summed E-state index contributed by atoms with van der Waals surface area (Å²) in [5.74, 6) is -0.621. The Morgan fingerprint density at radius 1 is 1.35 bits per heavy atom. The van der Waals surface area contributed by atoms with Crippen molar-refractivity contribution in [3.8, 4) is 11.6 Å². The number of benzene rings is 1. The van der Waals surface area contributed by atoms with Crippen molar-refractivity contribution >= 4 is 5.97 Å². The molecule has 5 heteroatoms. The second-order valence-corrected chi connectivity index (χ2v) is 3.54. The van der Waals surface area contributed by atoms with Crippen molar-refractivity contribution in [1.82, 2.24) is 9.78 Å². The van der Waals surface area contributed by atoms with Crippen LogP contribution < -0.4 is 4.74 Å². The van der Waals surface area contributed by atoms with Gasteiger partial charge < -0.3 is 9.84 Å². The quantitative estimate of drug-likeness (QED) is 0.877. The minimum atomic E-state index is -1.06. The summed E-state index contributed by atoms with van der Waals surface area (Å²) < 4.78 is 6.68. The molecule has 17 heavy (non-hydrogen) atoms. The molecule has 5 nitrogen and oxygen atoms in total. The zero-order chi connectivity index (χ0) is 12.4. The highest BCUT2D eigenvalue weighted by atomic mass is 16.5. The van der Waals surface area contributed by atoms with Crippen molar-refractivity contribution in [3.05, 3.63) is 41.6 Å². The Bertz CT molecular complexity index is 546. The SMILES string of the molecule is COc1c(C)c(C(=O)O)nn1-c1ccccc1. The fraction of sp³-hybridized carbons (Fsp3) is 0.167. The Hall–Kier alpha value is -2.30. The van der Waals surface area contributed by atoms with Crippen molar-refractivity contribution in [2.24, 2.45) is 0 Å². The minimum absolute atomic E-state index is 0.00528. The normalized spacial score (nSPS) is 10.2. The minimum Gasteiger partial charge on any atom is -0.481 e. The molecule has 1 N–H and O–H groups in total. The largest absolute Gasteiger partial charge is 0.481 e. The Balaban J connectivity index is 2.62. The van der Waals surface area contributed by atoms with Crippen LogP contribution in [0, 0.1) is 6.92 Å². The molecule has 0 bridgehead atoms. The molecule has 0 aliphatic rings. The smallest absolute Gasteiger partial charge is 0.356 e. The van der Waals surface area contributed by atoms with Crippen molar-refractivity contribution in [2.75, 3.05) is 7.11 Å². The molecule has 0 fully saturated rings. The van der Waals surface area contributed by atoms with Gasteiger partial charge in [0.15, 0.2) is 5.69 Å². The van der Waals surface area contributed by atoms with E-state index in [2.05, 4.69) is 5.10 Å². The highest BCUT2D eigenvalue weighted by molar-refractivity contribution is 5.87. The molecule has 2 aromatic rings. The first-order valence-corrected chi connectivity index (χ1v) is 5.07. The van der Waals surface area contributed by atoms with E-state index in [4.69, 9.17) is 9.84 Å². The monoisotopic (exact) mass is 232 g/mol. The number of hydrogen-bond donors (Lipinski definition) is 1. The van der Waals surface area contributed by atoms with E-state index in [1.54, 1.807) is 6.92 Å². The van der Waals surface area contributed by atoms with Crippen LogP contribution in [0.15, 0.2) is 30.3 Å². The molecule has 1 heterocycles. The summed E-state index contributed by atoms with van der Waals surface area (Å²) in [6.45, 7) is 1.68. The number of aromatic nitrogens is 2. The highest BCUT2D eigenvalue weighted by Crippen LogP contribution is 2.24. The van der Waals surface area contributed by atoms with Crippen molar-refractivity contribution in [2.45, 2.75) is 6.92 Å². The standard InChI is InChI=1S/C12H12N2O3/c1-8-10(12(15)16)13-14(11(8)17-2)9-6-4-3-5-7-9/h3-7H,1-2H3,(H,15,16). The molecule has 0 spiro atoms. The Morgan fingerprint density at radius 2 is 2.00 bits per heavy atom. The van der Waals surface area contributed by atoms with Crippen LogP contribution in [0.4, 0.5) is 0 Å². The van der Waals surface area contributed by atoms with E-state index in [1.807, 2.05) is 30.3 Å². The van der Waals surface area contributed by atoms with Gasteiger partial charge in [-0.1, -0.05) is 18.2 Å². The average Bonchev–Trinajstić information content (AvgIpc) is 2.67. The van der Waals surface area contributed by atoms with Gasteiger partial charge in [-0.05, 0) is 19.1 Å². The zero-order valence-corrected chi connectivity index (χ0v) is 9.54. The molecule has 0 atom stereocenters. The Kier molecular flexibility index (Phi) is 2.82. The predicted molar refractivity (Wildman–Crippen MR) is 61.8 cm³/mol. The van der Waals surface area contributed by atoms with Gasteiger partial charge in [-0.25, -0.2) is 9.48 Å². The first-order valence-electron chi connectivity index (χ1n) is 5.07. The molecule has 0 amide bonds. The van der Waals surface area contributed by atoms with Crippen LogP contribution in [-0.2, 0) is 0 Å². The molecule has 2 rings (SSSR count). The number of ether oxygens (including phenoxy) is 1.